The van der Waals surface area contributed by atoms with E-state index in [-0.39, 0.29) is 6.10 Å². The highest BCUT2D eigenvalue weighted by Crippen LogP contribution is 2.23. The molecule has 0 spiro atoms. The number of rotatable bonds is 7. The van der Waals surface area contributed by atoms with Crippen LogP contribution in [-0.4, -0.2) is 46.4 Å². The molecule has 2 aromatic heterocycles. The first-order valence-corrected chi connectivity index (χ1v) is 10.7. The Hall–Kier alpha value is -3.22. The minimum Gasteiger partial charge on any atom is -0.493 e. The molecule has 0 aliphatic carbocycles. The van der Waals surface area contributed by atoms with E-state index in [1.807, 2.05) is 42.6 Å². The van der Waals surface area contributed by atoms with Gasteiger partial charge < -0.3 is 9.47 Å². The number of hydrogen-bond acceptors (Lipinski definition) is 5. The molecule has 1 fully saturated rings. The average molecular weight is 415 g/mol. The molecule has 6 heteroatoms. The molecule has 1 N–H and O–H groups in total. The molecule has 0 bridgehead atoms. The van der Waals surface area contributed by atoms with Gasteiger partial charge in [-0.3, -0.25) is 15.0 Å². The summed E-state index contributed by atoms with van der Waals surface area (Å²) in [7, 11) is 0. The van der Waals surface area contributed by atoms with Crippen molar-refractivity contribution >= 4 is 10.9 Å². The quantitative estimate of drug-likeness (QED) is 0.492. The maximum Gasteiger partial charge on any atom is 0.119 e. The number of para-hydroxylation sites is 1. The Labute approximate surface area is 181 Å². The maximum atomic E-state index is 6.02. The Morgan fingerprint density at radius 2 is 2.00 bits per heavy atom. The fourth-order valence-electron chi connectivity index (χ4n) is 3.97. The summed E-state index contributed by atoms with van der Waals surface area (Å²) in [5, 5.41) is 8.83. The van der Waals surface area contributed by atoms with E-state index in [0.29, 0.717) is 13.2 Å². The van der Waals surface area contributed by atoms with Crippen molar-refractivity contribution in [3.63, 3.8) is 0 Å². The molecule has 1 atom stereocenters. The van der Waals surface area contributed by atoms with Crippen LogP contribution >= 0.6 is 0 Å². The number of hydrogen-bond donors (Lipinski definition) is 1. The van der Waals surface area contributed by atoms with Crippen molar-refractivity contribution in [2.24, 2.45) is 0 Å². The Kier molecular flexibility index (Phi) is 5.91. The van der Waals surface area contributed by atoms with Gasteiger partial charge in [-0.1, -0.05) is 30.3 Å². The number of fused-ring (bicyclic) bond motifs is 1. The van der Waals surface area contributed by atoms with Gasteiger partial charge in [0.15, 0.2) is 0 Å². The number of morpholine rings is 1. The molecule has 158 valence electrons. The number of ether oxygens (including phenoxy) is 2. The summed E-state index contributed by atoms with van der Waals surface area (Å²) < 4.78 is 11.8. The molecule has 4 aromatic rings. The molecule has 2 aromatic carbocycles. The van der Waals surface area contributed by atoms with Crippen molar-refractivity contribution in [3.8, 4) is 5.75 Å². The number of benzene rings is 2. The number of nitrogens with one attached hydrogen (secondary N) is 1. The SMILES string of the molecule is c1ccc(OCCc2cc(C3CN(Cc4ccc5ncccc5c4)CCO3)n[nH]2)cc1. The largest absolute Gasteiger partial charge is 0.493 e. The molecule has 0 amide bonds. The van der Waals surface area contributed by atoms with Crippen LogP contribution in [0.2, 0.25) is 0 Å². The van der Waals surface area contributed by atoms with Gasteiger partial charge in [-0.15, -0.1) is 0 Å². The molecule has 0 saturated carbocycles. The Bertz CT molecular complexity index is 1130. The highest BCUT2D eigenvalue weighted by atomic mass is 16.5. The molecule has 1 unspecified atom stereocenters. The van der Waals surface area contributed by atoms with Crippen molar-refractivity contribution in [3.05, 3.63) is 89.9 Å². The lowest BCUT2D eigenvalue weighted by Gasteiger charge is -2.32. The van der Waals surface area contributed by atoms with Gasteiger partial charge in [0.2, 0.25) is 0 Å². The van der Waals surface area contributed by atoms with Crippen LogP contribution in [0.3, 0.4) is 0 Å². The Morgan fingerprint density at radius 1 is 1.06 bits per heavy atom. The molecular weight excluding hydrogens is 388 g/mol. The van der Waals surface area contributed by atoms with E-state index in [9.17, 15) is 0 Å². The van der Waals surface area contributed by atoms with Crippen molar-refractivity contribution < 1.29 is 9.47 Å². The second kappa shape index (κ2) is 9.29. The molecule has 31 heavy (non-hydrogen) atoms. The van der Waals surface area contributed by atoms with Gasteiger partial charge in [0.25, 0.3) is 0 Å². The molecule has 3 heterocycles. The van der Waals surface area contributed by atoms with Crippen molar-refractivity contribution in [2.45, 2.75) is 19.1 Å². The molecule has 1 saturated heterocycles. The van der Waals surface area contributed by atoms with Gasteiger partial charge in [0, 0.05) is 43.3 Å². The van der Waals surface area contributed by atoms with E-state index >= 15 is 0 Å². The van der Waals surface area contributed by atoms with Gasteiger partial charge in [-0.2, -0.15) is 5.10 Å². The topological polar surface area (TPSA) is 63.3 Å². The van der Waals surface area contributed by atoms with Crippen LogP contribution in [0.15, 0.2) is 72.9 Å². The monoisotopic (exact) mass is 414 g/mol. The number of aromatic amines is 1. The molecule has 6 nitrogen and oxygen atoms in total. The highest BCUT2D eigenvalue weighted by molar-refractivity contribution is 5.78. The van der Waals surface area contributed by atoms with Gasteiger partial charge in [0.1, 0.15) is 11.9 Å². The number of aromatic nitrogens is 3. The fraction of sp³-hybridized carbons (Fsp3) is 0.280. The molecule has 1 aliphatic rings. The lowest BCUT2D eigenvalue weighted by Crippen LogP contribution is -2.37. The van der Waals surface area contributed by atoms with Crippen molar-refractivity contribution in [1.82, 2.24) is 20.1 Å². The summed E-state index contributed by atoms with van der Waals surface area (Å²) in [4.78, 5) is 6.84. The van der Waals surface area contributed by atoms with Crippen LogP contribution in [0.1, 0.15) is 23.1 Å². The summed E-state index contributed by atoms with van der Waals surface area (Å²) in [6.45, 7) is 3.96. The van der Waals surface area contributed by atoms with Crippen LogP contribution in [0, 0.1) is 0 Å². The lowest BCUT2D eigenvalue weighted by atomic mass is 10.1. The summed E-state index contributed by atoms with van der Waals surface area (Å²) >= 11 is 0. The molecule has 1 aliphatic heterocycles. The summed E-state index contributed by atoms with van der Waals surface area (Å²) in [5.74, 6) is 0.887. The summed E-state index contributed by atoms with van der Waals surface area (Å²) in [5.41, 5.74) is 4.35. The van der Waals surface area contributed by atoms with E-state index in [2.05, 4.69) is 50.4 Å². The standard InChI is InChI=1S/C25H26N4O2/c1-2-6-22(7-3-1)30-13-10-21-16-24(28-27-21)25-18-29(12-14-31-25)17-19-8-9-23-20(15-19)5-4-11-26-23/h1-9,11,15-16,25H,10,12-14,17-18H2,(H,27,28). The summed E-state index contributed by atoms with van der Waals surface area (Å²) in [6.07, 6.45) is 2.60. The molecule has 0 radical (unpaired) electrons. The third-order valence-corrected chi connectivity index (χ3v) is 5.59. The van der Waals surface area contributed by atoms with Crippen molar-refractivity contribution in [2.75, 3.05) is 26.3 Å². The minimum atomic E-state index is -0.0177. The first-order chi connectivity index (χ1) is 15.3. The van der Waals surface area contributed by atoms with Gasteiger partial charge >= 0.3 is 0 Å². The van der Waals surface area contributed by atoms with E-state index in [0.717, 1.165) is 48.7 Å². The van der Waals surface area contributed by atoms with Gasteiger partial charge in [0.05, 0.1) is 24.4 Å². The number of pyridine rings is 1. The second-order valence-corrected chi connectivity index (χ2v) is 7.85. The predicted octanol–water partition coefficient (Wildman–Crippen LogP) is 4.15. The smallest absolute Gasteiger partial charge is 0.119 e. The Morgan fingerprint density at radius 3 is 2.94 bits per heavy atom. The Balaban J connectivity index is 1.17. The third kappa shape index (κ3) is 4.93. The van der Waals surface area contributed by atoms with Crippen LogP contribution in [-0.2, 0) is 17.7 Å². The second-order valence-electron chi connectivity index (χ2n) is 7.85. The zero-order valence-corrected chi connectivity index (χ0v) is 17.4. The van der Waals surface area contributed by atoms with Gasteiger partial charge in [-0.25, -0.2) is 0 Å². The van der Waals surface area contributed by atoms with Crippen LogP contribution in [0.5, 0.6) is 5.75 Å². The number of H-pyrrole nitrogens is 1. The average Bonchev–Trinajstić information content (AvgIpc) is 3.29. The van der Waals surface area contributed by atoms with Gasteiger partial charge in [-0.05, 0) is 42.0 Å². The van der Waals surface area contributed by atoms with Crippen LogP contribution in [0.25, 0.3) is 10.9 Å². The van der Waals surface area contributed by atoms with E-state index in [1.54, 1.807) is 0 Å². The first-order valence-electron chi connectivity index (χ1n) is 10.7. The predicted molar refractivity (Wildman–Crippen MR) is 120 cm³/mol. The zero-order chi connectivity index (χ0) is 20.9. The zero-order valence-electron chi connectivity index (χ0n) is 17.4. The van der Waals surface area contributed by atoms with Crippen LogP contribution in [0.4, 0.5) is 0 Å². The molecule has 5 rings (SSSR count). The van der Waals surface area contributed by atoms with E-state index < -0.39 is 0 Å². The minimum absolute atomic E-state index is 0.0177. The first kappa shape index (κ1) is 19.7. The summed E-state index contributed by atoms with van der Waals surface area (Å²) in [6, 6.07) is 22.6. The van der Waals surface area contributed by atoms with E-state index in [1.165, 1.54) is 10.9 Å². The highest BCUT2D eigenvalue weighted by Gasteiger charge is 2.24. The van der Waals surface area contributed by atoms with Crippen LogP contribution < -0.4 is 4.74 Å². The normalized spacial score (nSPS) is 17.1. The molecular formula is C25H26N4O2. The van der Waals surface area contributed by atoms with E-state index in [4.69, 9.17) is 9.47 Å². The fourth-order valence-corrected chi connectivity index (χ4v) is 3.97. The van der Waals surface area contributed by atoms with Crippen molar-refractivity contribution in [1.29, 1.82) is 0 Å². The third-order valence-electron chi connectivity index (χ3n) is 5.59. The number of nitrogens with zero attached hydrogens (tertiary/aromatic N) is 3. The lowest BCUT2D eigenvalue weighted by molar-refractivity contribution is -0.0350. The maximum absolute atomic E-state index is 6.02.